The van der Waals surface area contributed by atoms with E-state index in [1.165, 1.54) is 19.2 Å². The minimum absolute atomic E-state index is 0.0820. The molecule has 1 fully saturated rings. The van der Waals surface area contributed by atoms with Crippen LogP contribution in [0.1, 0.15) is 35.2 Å². The van der Waals surface area contributed by atoms with E-state index < -0.39 is 23.2 Å². The number of aliphatic carboxylic acids is 1. The maximum absolute atomic E-state index is 14.0. The molecule has 0 aromatic heterocycles. The monoisotopic (exact) mass is 252 g/mol. The quantitative estimate of drug-likeness (QED) is 0.837. The Morgan fingerprint density at radius 1 is 1.39 bits per heavy atom. The number of carboxylic acid groups (broad SMARTS) is 1. The van der Waals surface area contributed by atoms with Gasteiger partial charge >= 0.3 is 11.9 Å². The number of esters is 1. The van der Waals surface area contributed by atoms with Gasteiger partial charge in [0.25, 0.3) is 0 Å². The third kappa shape index (κ3) is 1.75. The van der Waals surface area contributed by atoms with Crippen LogP contribution in [0, 0.1) is 5.82 Å². The first-order valence-corrected chi connectivity index (χ1v) is 5.63. The summed E-state index contributed by atoms with van der Waals surface area (Å²) in [7, 11) is 1.21. The van der Waals surface area contributed by atoms with Crippen molar-refractivity contribution in [2.24, 2.45) is 0 Å². The molecule has 2 rings (SSSR count). The molecule has 4 nitrogen and oxygen atoms in total. The molecule has 0 bridgehead atoms. The van der Waals surface area contributed by atoms with E-state index in [0.717, 1.165) is 12.5 Å². The van der Waals surface area contributed by atoms with Crippen molar-refractivity contribution < 1.29 is 23.8 Å². The Bertz CT molecular complexity index is 506. The summed E-state index contributed by atoms with van der Waals surface area (Å²) in [4.78, 5) is 22.5. The van der Waals surface area contributed by atoms with Crippen LogP contribution in [0.25, 0.3) is 0 Å². The molecular weight excluding hydrogens is 239 g/mol. The summed E-state index contributed by atoms with van der Waals surface area (Å²) in [6.45, 7) is 0. The number of rotatable bonds is 3. The molecule has 0 radical (unpaired) electrons. The normalized spacial score (nSPS) is 16.8. The van der Waals surface area contributed by atoms with Crippen molar-refractivity contribution >= 4 is 11.9 Å². The van der Waals surface area contributed by atoms with Gasteiger partial charge in [-0.05, 0) is 25.0 Å². The highest BCUT2D eigenvalue weighted by atomic mass is 19.1. The zero-order valence-corrected chi connectivity index (χ0v) is 9.90. The second-order valence-electron chi connectivity index (χ2n) is 4.43. The molecule has 0 saturated heterocycles. The molecule has 5 heteroatoms. The fourth-order valence-corrected chi connectivity index (χ4v) is 2.28. The van der Waals surface area contributed by atoms with E-state index in [1.54, 1.807) is 0 Å². The molecule has 1 aromatic carbocycles. The Balaban J connectivity index is 2.41. The summed E-state index contributed by atoms with van der Waals surface area (Å²) in [5, 5.41) is 9.23. The Hall–Kier alpha value is -1.91. The van der Waals surface area contributed by atoms with Gasteiger partial charge in [-0.3, -0.25) is 4.79 Å². The lowest BCUT2D eigenvalue weighted by atomic mass is 9.64. The summed E-state index contributed by atoms with van der Waals surface area (Å²) in [6, 6.07) is 3.80. The minimum atomic E-state index is -1.13. The lowest BCUT2D eigenvalue weighted by Gasteiger charge is -2.38. The largest absolute Gasteiger partial charge is 0.481 e. The molecule has 1 aromatic rings. The number of methoxy groups -OCH3 is 1. The summed E-state index contributed by atoms with van der Waals surface area (Å²) in [5.74, 6) is -2.32. The van der Waals surface area contributed by atoms with Crippen molar-refractivity contribution in [2.45, 2.75) is 24.7 Å². The van der Waals surface area contributed by atoms with Crippen molar-refractivity contribution in [1.82, 2.24) is 0 Å². The minimum Gasteiger partial charge on any atom is -0.481 e. The fraction of sp³-hybridized carbons (Fsp3) is 0.385. The van der Waals surface area contributed by atoms with Crippen molar-refractivity contribution in [3.8, 4) is 0 Å². The summed E-state index contributed by atoms with van der Waals surface area (Å²) < 4.78 is 18.4. The molecule has 0 heterocycles. The predicted molar refractivity (Wildman–Crippen MR) is 60.9 cm³/mol. The van der Waals surface area contributed by atoms with Gasteiger partial charge in [-0.25, -0.2) is 9.18 Å². The molecule has 1 aliphatic rings. The van der Waals surface area contributed by atoms with E-state index >= 15 is 0 Å². The van der Waals surface area contributed by atoms with Crippen LogP contribution in [0.2, 0.25) is 0 Å². The molecule has 1 N–H and O–H groups in total. The van der Waals surface area contributed by atoms with E-state index in [0.29, 0.717) is 12.8 Å². The average Bonchev–Trinajstić information content (AvgIpc) is 2.28. The number of ether oxygens (including phenoxy) is 1. The molecule has 0 spiro atoms. The van der Waals surface area contributed by atoms with E-state index in [1.807, 2.05) is 0 Å². The van der Waals surface area contributed by atoms with Crippen LogP contribution >= 0.6 is 0 Å². The number of halogens is 1. The van der Waals surface area contributed by atoms with Gasteiger partial charge in [0.05, 0.1) is 18.1 Å². The number of benzene rings is 1. The van der Waals surface area contributed by atoms with Gasteiger partial charge in [0.1, 0.15) is 5.82 Å². The second kappa shape index (κ2) is 4.40. The van der Waals surface area contributed by atoms with Crippen molar-refractivity contribution in [2.75, 3.05) is 7.11 Å². The van der Waals surface area contributed by atoms with E-state index in [4.69, 9.17) is 0 Å². The van der Waals surface area contributed by atoms with Crippen LogP contribution in [-0.4, -0.2) is 24.2 Å². The fourth-order valence-electron chi connectivity index (χ4n) is 2.28. The third-order valence-corrected chi connectivity index (χ3v) is 3.52. The Morgan fingerprint density at radius 3 is 2.44 bits per heavy atom. The Labute approximate surface area is 103 Å². The Morgan fingerprint density at radius 2 is 2.06 bits per heavy atom. The van der Waals surface area contributed by atoms with E-state index in [9.17, 15) is 19.1 Å². The lowest BCUT2D eigenvalue weighted by molar-refractivity contribution is -0.147. The third-order valence-electron chi connectivity index (χ3n) is 3.52. The first-order valence-electron chi connectivity index (χ1n) is 5.63. The number of carbonyl (C=O) groups excluding carboxylic acids is 1. The molecule has 18 heavy (non-hydrogen) atoms. The van der Waals surface area contributed by atoms with Gasteiger partial charge in [0.2, 0.25) is 0 Å². The highest BCUT2D eigenvalue weighted by molar-refractivity contribution is 5.90. The van der Waals surface area contributed by atoms with Crippen molar-refractivity contribution in [3.63, 3.8) is 0 Å². The van der Waals surface area contributed by atoms with Gasteiger partial charge in [-0.1, -0.05) is 12.5 Å². The van der Waals surface area contributed by atoms with Gasteiger partial charge in [-0.2, -0.15) is 0 Å². The molecule has 96 valence electrons. The maximum Gasteiger partial charge on any atom is 0.337 e. The topological polar surface area (TPSA) is 63.6 Å². The van der Waals surface area contributed by atoms with Gasteiger partial charge < -0.3 is 9.84 Å². The Kier molecular flexibility index (Phi) is 3.07. The summed E-state index contributed by atoms with van der Waals surface area (Å²) >= 11 is 0. The average molecular weight is 252 g/mol. The zero-order valence-electron chi connectivity index (χ0n) is 9.90. The molecule has 0 amide bonds. The van der Waals surface area contributed by atoms with Crippen molar-refractivity contribution in [3.05, 3.63) is 35.1 Å². The molecule has 1 aliphatic carbocycles. The number of carboxylic acids is 1. The van der Waals surface area contributed by atoms with Crippen LogP contribution in [0.5, 0.6) is 0 Å². The first-order chi connectivity index (χ1) is 8.51. The van der Waals surface area contributed by atoms with E-state index in [-0.39, 0.29) is 11.1 Å². The van der Waals surface area contributed by atoms with Crippen molar-refractivity contribution in [1.29, 1.82) is 0 Å². The van der Waals surface area contributed by atoms with Crippen LogP contribution in [0.4, 0.5) is 4.39 Å². The molecule has 1 saturated carbocycles. The highest BCUT2D eigenvalue weighted by Crippen LogP contribution is 2.45. The van der Waals surface area contributed by atoms with E-state index in [2.05, 4.69) is 4.74 Å². The SMILES string of the molecule is COC(=O)c1ccc(C2(C(=O)O)CCC2)c(F)c1. The molecule has 0 aliphatic heterocycles. The molecular formula is C13H13FO4. The highest BCUT2D eigenvalue weighted by Gasteiger charge is 2.47. The molecule has 0 unspecified atom stereocenters. The maximum atomic E-state index is 14.0. The van der Waals surface area contributed by atoms with Crippen LogP contribution < -0.4 is 0 Å². The summed E-state index contributed by atoms with van der Waals surface area (Å²) in [6.07, 6.45) is 1.62. The summed E-state index contributed by atoms with van der Waals surface area (Å²) in [5.41, 5.74) is -0.897. The zero-order chi connectivity index (χ0) is 13.3. The standard InChI is InChI=1S/C13H13FO4/c1-18-11(15)8-3-4-9(10(14)7-8)13(12(16)17)5-2-6-13/h3-4,7H,2,5-6H2,1H3,(H,16,17). The van der Waals surface area contributed by atoms with Crippen LogP contribution in [-0.2, 0) is 14.9 Å². The van der Waals surface area contributed by atoms with Gasteiger partial charge in [-0.15, -0.1) is 0 Å². The smallest absolute Gasteiger partial charge is 0.337 e. The number of hydrogen-bond donors (Lipinski definition) is 1. The number of hydrogen-bond acceptors (Lipinski definition) is 3. The lowest BCUT2D eigenvalue weighted by Crippen LogP contribution is -2.43. The second-order valence-corrected chi connectivity index (χ2v) is 4.43. The first kappa shape index (κ1) is 12.5. The van der Waals surface area contributed by atoms with Crippen LogP contribution in [0.3, 0.4) is 0 Å². The molecule has 0 atom stereocenters. The van der Waals surface area contributed by atoms with Crippen LogP contribution in [0.15, 0.2) is 18.2 Å². The predicted octanol–water partition coefficient (Wildman–Crippen LogP) is 2.12. The number of carbonyl (C=O) groups is 2. The van der Waals surface area contributed by atoms with Gasteiger partial charge in [0, 0.05) is 5.56 Å². The van der Waals surface area contributed by atoms with Gasteiger partial charge in [0.15, 0.2) is 0 Å².